The molecule has 0 spiro atoms. The normalized spacial score (nSPS) is 12.0. The number of hydrogen-bond acceptors (Lipinski definition) is 6. The molecular weight excluding hydrogens is 470 g/mol. The summed E-state index contributed by atoms with van der Waals surface area (Å²) in [4.78, 5) is -0.164. The molecule has 2 N–H and O–H groups in total. The standard InChI is InChI=1S/C17H16BrN3O5S2/c1-11-17(12(2)26-19-11)28(24,25)21-15-4-3-5-16(10-15)27(22,23)20-14-8-6-13(18)7-9-14/h3-10,20-21H,1-2H3. The number of aryl methyl sites for hydroxylation is 2. The molecule has 0 radical (unpaired) electrons. The molecule has 1 heterocycles. The molecule has 11 heteroatoms. The Balaban J connectivity index is 1.89. The van der Waals surface area contributed by atoms with Crippen molar-refractivity contribution in [3.8, 4) is 0 Å². The van der Waals surface area contributed by atoms with Gasteiger partial charge in [-0.1, -0.05) is 27.2 Å². The summed E-state index contributed by atoms with van der Waals surface area (Å²) in [5, 5.41) is 3.63. The van der Waals surface area contributed by atoms with Crippen LogP contribution in [-0.2, 0) is 20.0 Å². The number of anilines is 2. The van der Waals surface area contributed by atoms with Gasteiger partial charge in [-0.05, 0) is 56.3 Å². The van der Waals surface area contributed by atoms with Gasteiger partial charge in [0.1, 0.15) is 5.69 Å². The fourth-order valence-electron chi connectivity index (χ4n) is 2.52. The van der Waals surface area contributed by atoms with Crippen molar-refractivity contribution >= 4 is 47.4 Å². The Hall–Kier alpha value is -2.37. The smallest absolute Gasteiger partial charge is 0.267 e. The number of halogens is 1. The van der Waals surface area contributed by atoms with E-state index in [2.05, 4.69) is 30.5 Å². The van der Waals surface area contributed by atoms with Crippen molar-refractivity contribution in [1.82, 2.24) is 5.16 Å². The van der Waals surface area contributed by atoms with Gasteiger partial charge in [0.05, 0.1) is 10.6 Å². The van der Waals surface area contributed by atoms with Crippen LogP contribution in [0.5, 0.6) is 0 Å². The van der Waals surface area contributed by atoms with Gasteiger partial charge >= 0.3 is 0 Å². The molecular formula is C17H16BrN3O5S2. The van der Waals surface area contributed by atoms with Crippen LogP contribution >= 0.6 is 15.9 Å². The van der Waals surface area contributed by atoms with Crippen molar-refractivity contribution in [3.63, 3.8) is 0 Å². The van der Waals surface area contributed by atoms with Gasteiger partial charge < -0.3 is 4.52 Å². The van der Waals surface area contributed by atoms with Crippen LogP contribution in [0.3, 0.4) is 0 Å². The van der Waals surface area contributed by atoms with Crippen LogP contribution in [0, 0.1) is 13.8 Å². The Morgan fingerprint density at radius 2 is 1.54 bits per heavy atom. The number of rotatable bonds is 6. The zero-order chi connectivity index (χ0) is 20.5. The maximum absolute atomic E-state index is 12.6. The number of sulfonamides is 2. The maximum Gasteiger partial charge on any atom is 0.267 e. The maximum atomic E-state index is 12.6. The van der Waals surface area contributed by atoms with E-state index in [1.807, 2.05) is 0 Å². The molecule has 0 aliphatic carbocycles. The molecule has 3 aromatic rings. The molecule has 0 bridgehead atoms. The molecule has 1 aromatic heterocycles. The highest BCUT2D eigenvalue weighted by Crippen LogP contribution is 2.25. The molecule has 3 rings (SSSR count). The lowest BCUT2D eigenvalue weighted by atomic mass is 10.3. The minimum atomic E-state index is -3.98. The van der Waals surface area contributed by atoms with Crippen molar-refractivity contribution < 1.29 is 21.4 Å². The second-order valence-corrected chi connectivity index (χ2v) is 10.1. The number of benzene rings is 2. The summed E-state index contributed by atoms with van der Waals surface area (Å²) >= 11 is 3.28. The molecule has 2 aromatic carbocycles. The summed E-state index contributed by atoms with van der Waals surface area (Å²) in [6.07, 6.45) is 0. The molecule has 148 valence electrons. The molecule has 0 aliphatic rings. The fourth-order valence-corrected chi connectivity index (χ4v) is 5.27. The van der Waals surface area contributed by atoms with Crippen molar-refractivity contribution in [1.29, 1.82) is 0 Å². The van der Waals surface area contributed by atoms with Gasteiger partial charge in [-0.25, -0.2) is 16.8 Å². The minimum absolute atomic E-state index is 0.0752. The zero-order valence-corrected chi connectivity index (χ0v) is 18.0. The summed E-state index contributed by atoms with van der Waals surface area (Å²) in [6, 6.07) is 12.1. The fraction of sp³-hybridized carbons (Fsp3) is 0.118. The number of aromatic nitrogens is 1. The van der Waals surface area contributed by atoms with Gasteiger partial charge in [-0.2, -0.15) is 0 Å². The highest BCUT2D eigenvalue weighted by atomic mass is 79.9. The Labute approximate surface area is 171 Å². The molecule has 0 saturated heterocycles. The lowest BCUT2D eigenvalue weighted by molar-refractivity contribution is 0.390. The third-order valence-electron chi connectivity index (χ3n) is 3.73. The Morgan fingerprint density at radius 1 is 0.893 bits per heavy atom. The lowest BCUT2D eigenvalue weighted by Gasteiger charge is -2.11. The highest BCUT2D eigenvalue weighted by molar-refractivity contribution is 9.10. The molecule has 0 amide bonds. The van der Waals surface area contributed by atoms with Crippen LogP contribution < -0.4 is 9.44 Å². The summed E-state index contributed by atoms with van der Waals surface area (Å²) in [5.41, 5.74) is 0.689. The van der Waals surface area contributed by atoms with Gasteiger partial charge in [0, 0.05) is 10.2 Å². The first-order valence-electron chi connectivity index (χ1n) is 7.93. The molecule has 0 aliphatic heterocycles. The first-order valence-corrected chi connectivity index (χ1v) is 11.7. The molecule has 0 saturated carbocycles. The van der Waals surface area contributed by atoms with Gasteiger partial charge in [-0.3, -0.25) is 9.44 Å². The monoisotopic (exact) mass is 485 g/mol. The van der Waals surface area contributed by atoms with E-state index in [1.54, 1.807) is 24.3 Å². The zero-order valence-electron chi connectivity index (χ0n) is 14.8. The molecule has 8 nitrogen and oxygen atoms in total. The van der Waals surface area contributed by atoms with Crippen molar-refractivity contribution in [3.05, 3.63) is 64.5 Å². The summed E-state index contributed by atoms with van der Waals surface area (Å²) < 4.78 is 61.0. The Morgan fingerprint density at radius 3 is 2.14 bits per heavy atom. The predicted octanol–water partition coefficient (Wildman–Crippen LogP) is 3.66. The summed E-state index contributed by atoms with van der Waals surface area (Å²) in [6.45, 7) is 2.99. The van der Waals surface area contributed by atoms with E-state index in [1.165, 1.54) is 38.1 Å². The second-order valence-electron chi connectivity index (χ2n) is 5.90. The minimum Gasteiger partial charge on any atom is -0.360 e. The van der Waals surface area contributed by atoms with Gasteiger partial charge in [-0.15, -0.1) is 0 Å². The van der Waals surface area contributed by atoms with Gasteiger partial charge in [0.2, 0.25) is 0 Å². The van der Waals surface area contributed by atoms with Crippen LogP contribution in [0.4, 0.5) is 11.4 Å². The topological polar surface area (TPSA) is 118 Å². The van der Waals surface area contributed by atoms with E-state index in [4.69, 9.17) is 4.52 Å². The van der Waals surface area contributed by atoms with E-state index in [0.29, 0.717) is 5.69 Å². The first-order chi connectivity index (χ1) is 13.1. The van der Waals surface area contributed by atoms with Crippen LogP contribution in [0.25, 0.3) is 0 Å². The number of nitrogens with one attached hydrogen (secondary N) is 2. The summed E-state index contributed by atoms with van der Waals surface area (Å²) in [5.74, 6) is 0.144. The third kappa shape index (κ3) is 4.37. The second kappa shape index (κ2) is 7.57. The quantitative estimate of drug-likeness (QED) is 0.549. The van der Waals surface area contributed by atoms with E-state index < -0.39 is 20.0 Å². The number of nitrogens with zero attached hydrogens (tertiary/aromatic N) is 1. The summed E-state index contributed by atoms with van der Waals surface area (Å²) in [7, 11) is -7.89. The largest absolute Gasteiger partial charge is 0.360 e. The van der Waals surface area contributed by atoms with Crippen molar-refractivity contribution in [2.24, 2.45) is 0 Å². The average Bonchev–Trinajstić information content (AvgIpc) is 2.96. The highest BCUT2D eigenvalue weighted by Gasteiger charge is 2.25. The Kier molecular flexibility index (Phi) is 5.50. The van der Waals surface area contributed by atoms with Crippen LogP contribution in [0.15, 0.2) is 67.3 Å². The number of hydrogen-bond donors (Lipinski definition) is 2. The molecule has 28 heavy (non-hydrogen) atoms. The predicted molar refractivity (Wildman–Crippen MR) is 108 cm³/mol. The van der Waals surface area contributed by atoms with E-state index >= 15 is 0 Å². The Bertz CT molecular complexity index is 1200. The average molecular weight is 486 g/mol. The van der Waals surface area contributed by atoms with Gasteiger partial charge in [0.25, 0.3) is 20.0 Å². The van der Waals surface area contributed by atoms with E-state index in [-0.39, 0.29) is 26.9 Å². The molecule has 0 fully saturated rings. The van der Waals surface area contributed by atoms with Gasteiger partial charge in [0.15, 0.2) is 10.7 Å². The lowest BCUT2D eigenvalue weighted by Crippen LogP contribution is -2.16. The molecule has 0 unspecified atom stereocenters. The van der Waals surface area contributed by atoms with Crippen LogP contribution in [-0.4, -0.2) is 22.0 Å². The van der Waals surface area contributed by atoms with Crippen LogP contribution in [0.1, 0.15) is 11.5 Å². The van der Waals surface area contributed by atoms with Crippen molar-refractivity contribution in [2.75, 3.05) is 9.44 Å². The van der Waals surface area contributed by atoms with Crippen LogP contribution in [0.2, 0.25) is 0 Å². The van der Waals surface area contributed by atoms with Crippen molar-refractivity contribution in [2.45, 2.75) is 23.6 Å². The third-order valence-corrected chi connectivity index (χ3v) is 7.26. The first kappa shape index (κ1) is 20.4. The molecule has 0 atom stereocenters. The van der Waals surface area contributed by atoms with E-state index in [9.17, 15) is 16.8 Å². The SMILES string of the molecule is Cc1noc(C)c1S(=O)(=O)Nc1cccc(S(=O)(=O)Nc2ccc(Br)cc2)c1. The van der Waals surface area contributed by atoms with E-state index in [0.717, 1.165) is 4.47 Å².